The van der Waals surface area contributed by atoms with Crippen molar-refractivity contribution in [2.75, 3.05) is 10.6 Å². The first kappa shape index (κ1) is 16.2. The summed E-state index contributed by atoms with van der Waals surface area (Å²) in [5.74, 6) is 1.28. The highest BCUT2D eigenvalue weighted by Crippen LogP contribution is 2.23. The van der Waals surface area contributed by atoms with Gasteiger partial charge in [0.05, 0.1) is 12.2 Å². The molecule has 0 aliphatic rings. The molecule has 0 unspecified atom stereocenters. The van der Waals surface area contributed by atoms with E-state index in [1.807, 2.05) is 56.3 Å². The van der Waals surface area contributed by atoms with E-state index < -0.39 is 0 Å². The molecule has 0 radical (unpaired) electrons. The minimum Gasteiger partial charge on any atom is -0.364 e. The monoisotopic (exact) mass is 339 g/mol. The summed E-state index contributed by atoms with van der Waals surface area (Å²) in [6.07, 6.45) is 1.77. The average Bonchev–Trinajstić information content (AvgIpc) is 2.57. The van der Waals surface area contributed by atoms with E-state index in [9.17, 15) is 0 Å². The van der Waals surface area contributed by atoms with Crippen LogP contribution < -0.4 is 10.6 Å². The minimum absolute atomic E-state index is 0.531. The maximum atomic E-state index is 6.06. The van der Waals surface area contributed by atoms with Gasteiger partial charge >= 0.3 is 0 Å². The van der Waals surface area contributed by atoms with Crippen molar-refractivity contribution in [3.8, 4) is 0 Å². The third kappa shape index (κ3) is 4.20. The molecule has 0 amide bonds. The van der Waals surface area contributed by atoms with E-state index in [4.69, 9.17) is 11.6 Å². The molecule has 2 N–H and O–H groups in total. The van der Waals surface area contributed by atoms with E-state index in [-0.39, 0.29) is 0 Å². The zero-order valence-electron chi connectivity index (χ0n) is 13.5. The maximum absolute atomic E-state index is 6.06. The molecule has 0 aliphatic carbocycles. The third-order valence-corrected chi connectivity index (χ3v) is 3.71. The summed E-state index contributed by atoms with van der Waals surface area (Å²) >= 11 is 6.06. The van der Waals surface area contributed by atoms with E-state index in [0.717, 1.165) is 28.5 Å². The van der Waals surface area contributed by atoms with Crippen LogP contribution in [0.4, 0.5) is 17.5 Å². The highest BCUT2D eigenvalue weighted by atomic mass is 35.5. The second-order valence-electron chi connectivity index (χ2n) is 5.48. The fraction of sp³-hybridized carbons (Fsp3) is 0.167. The van der Waals surface area contributed by atoms with E-state index in [1.165, 1.54) is 0 Å². The standard InChI is InChI=1S/C18H18ClN5/c1-12-6-7-14(19)10-16(12)23-18-22-13(2)9-17(24-18)21-11-15-5-3-4-8-20-15/h3-10H,11H2,1-2H3,(H2,21,22,23,24). The van der Waals surface area contributed by atoms with E-state index in [1.54, 1.807) is 6.20 Å². The summed E-state index contributed by atoms with van der Waals surface area (Å²) in [5, 5.41) is 7.18. The van der Waals surface area contributed by atoms with Gasteiger partial charge in [-0.1, -0.05) is 23.7 Å². The SMILES string of the molecule is Cc1cc(NCc2ccccn2)nc(Nc2cc(Cl)ccc2C)n1. The van der Waals surface area contributed by atoms with E-state index in [2.05, 4.69) is 25.6 Å². The number of hydrogen-bond acceptors (Lipinski definition) is 5. The summed E-state index contributed by atoms with van der Waals surface area (Å²) in [7, 11) is 0. The molecule has 2 heterocycles. The van der Waals surface area contributed by atoms with Crippen LogP contribution in [-0.4, -0.2) is 15.0 Å². The molecule has 6 heteroatoms. The Bertz CT molecular complexity index is 836. The number of hydrogen-bond donors (Lipinski definition) is 2. The Balaban J connectivity index is 1.77. The molecule has 5 nitrogen and oxygen atoms in total. The average molecular weight is 340 g/mol. The van der Waals surface area contributed by atoms with Gasteiger partial charge in [-0.25, -0.2) is 4.98 Å². The molecule has 1 aromatic carbocycles. The van der Waals surface area contributed by atoms with Crippen molar-refractivity contribution in [3.63, 3.8) is 0 Å². The molecule has 0 spiro atoms. The fourth-order valence-corrected chi connectivity index (χ4v) is 2.42. The lowest BCUT2D eigenvalue weighted by Crippen LogP contribution is -2.06. The number of aryl methyl sites for hydroxylation is 2. The number of nitrogens with zero attached hydrogens (tertiary/aromatic N) is 3. The Labute approximate surface area is 146 Å². The van der Waals surface area contributed by atoms with Gasteiger partial charge in [0, 0.05) is 28.7 Å². The van der Waals surface area contributed by atoms with Crippen molar-refractivity contribution < 1.29 is 0 Å². The molecule has 3 rings (SSSR count). The van der Waals surface area contributed by atoms with Gasteiger partial charge in [-0.3, -0.25) is 4.98 Å². The first-order chi connectivity index (χ1) is 11.6. The predicted molar refractivity (Wildman–Crippen MR) is 97.8 cm³/mol. The van der Waals surface area contributed by atoms with Gasteiger partial charge in [0.15, 0.2) is 0 Å². The maximum Gasteiger partial charge on any atom is 0.229 e. The molecule has 0 atom stereocenters. The molecular formula is C18H18ClN5. The summed E-state index contributed by atoms with van der Waals surface area (Å²) in [6.45, 7) is 4.55. The zero-order valence-corrected chi connectivity index (χ0v) is 14.3. The highest BCUT2D eigenvalue weighted by Gasteiger charge is 2.06. The lowest BCUT2D eigenvalue weighted by Gasteiger charge is -2.11. The number of anilines is 3. The zero-order chi connectivity index (χ0) is 16.9. The van der Waals surface area contributed by atoms with Crippen LogP contribution in [0.5, 0.6) is 0 Å². The molecule has 0 saturated heterocycles. The van der Waals surface area contributed by atoms with Gasteiger partial charge in [-0.05, 0) is 43.7 Å². The Morgan fingerprint density at radius 3 is 2.71 bits per heavy atom. The molecule has 0 fully saturated rings. The van der Waals surface area contributed by atoms with Crippen LogP contribution in [0.25, 0.3) is 0 Å². The van der Waals surface area contributed by atoms with Gasteiger partial charge in [0.2, 0.25) is 5.95 Å². The van der Waals surface area contributed by atoms with Gasteiger partial charge in [-0.2, -0.15) is 4.98 Å². The number of halogens is 1. The quantitative estimate of drug-likeness (QED) is 0.716. The second kappa shape index (κ2) is 7.27. The molecule has 0 aliphatic heterocycles. The van der Waals surface area contributed by atoms with Gasteiger partial charge in [0.25, 0.3) is 0 Å². The third-order valence-electron chi connectivity index (χ3n) is 3.48. The van der Waals surface area contributed by atoms with Crippen LogP contribution >= 0.6 is 11.6 Å². The predicted octanol–water partition coefficient (Wildman–Crippen LogP) is 4.50. The molecule has 0 saturated carbocycles. The Hall–Kier alpha value is -2.66. The Kier molecular flexibility index (Phi) is 4.91. The molecule has 24 heavy (non-hydrogen) atoms. The number of aromatic nitrogens is 3. The molecule has 0 bridgehead atoms. The second-order valence-corrected chi connectivity index (χ2v) is 5.91. The first-order valence-corrected chi connectivity index (χ1v) is 8.00. The molecule has 122 valence electrons. The van der Waals surface area contributed by atoms with Crippen LogP contribution in [0, 0.1) is 13.8 Å². The lowest BCUT2D eigenvalue weighted by atomic mass is 10.2. The lowest BCUT2D eigenvalue weighted by molar-refractivity contribution is 1.01. The van der Waals surface area contributed by atoms with Crippen molar-refractivity contribution in [1.29, 1.82) is 0 Å². The Morgan fingerprint density at radius 2 is 1.92 bits per heavy atom. The number of benzene rings is 1. The highest BCUT2D eigenvalue weighted by molar-refractivity contribution is 6.30. The summed E-state index contributed by atoms with van der Waals surface area (Å²) in [5.41, 5.74) is 3.79. The first-order valence-electron chi connectivity index (χ1n) is 7.63. The van der Waals surface area contributed by atoms with Crippen molar-refractivity contribution in [3.05, 3.63) is 70.6 Å². The molecule has 2 aromatic heterocycles. The topological polar surface area (TPSA) is 62.7 Å². The fourth-order valence-electron chi connectivity index (χ4n) is 2.25. The van der Waals surface area contributed by atoms with E-state index >= 15 is 0 Å². The van der Waals surface area contributed by atoms with Gasteiger partial charge < -0.3 is 10.6 Å². The normalized spacial score (nSPS) is 10.5. The van der Waals surface area contributed by atoms with Crippen LogP contribution in [0.3, 0.4) is 0 Å². The van der Waals surface area contributed by atoms with Crippen molar-refractivity contribution in [1.82, 2.24) is 15.0 Å². The van der Waals surface area contributed by atoms with E-state index in [0.29, 0.717) is 17.5 Å². The summed E-state index contributed by atoms with van der Waals surface area (Å²) in [6, 6.07) is 13.4. The minimum atomic E-state index is 0.531. The summed E-state index contributed by atoms with van der Waals surface area (Å²) < 4.78 is 0. The summed E-state index contributed by atoms with van der Waals surface area (Å²) in [4.78, 5) is 13.2. The number of nitrogens with one attached hydrogen (secondary N) is 2. The van der Waals surface area contributed by atoms with Crippen LogP contribution in [0.2, 0.25) is 5.02 Å². The molecular weight excluding hydrogens is 322 g/mol. The van der Waals surface area contributed by atoms with Crippen LogP contribution in [0.1, 0.15) is 17.0 Å². The largest absolute Gasteiger partial charge is 0.364 e. The number of rotatable bonds is 5. The van der Waals surface area contributed by atoms with Crippen molar-refractivity contribution in [2.24, 2.45) is 0 Å². The van der Waals surface area contributed by atoms with Crippen molar-refractivity contribution >= 4 is 29.1 Å². The van der Waals surface area contributed by atoms with Crippen LogP contribution in [-0.2, 0) is 6.54 Å². The van der Waals surface area contributed by atoms with Gasteiger partial charge in [0.1, 0.15) is 5.82 Å². The van der Waals surface area contributed by atoms with Gasteiger partial charge in [-0.15, -0.1) is 0 Å². The van der Waals surface area contributed by atoms with Crippen LogP contribution in [0.15, 0.2) is 48.7 Å². The number of pyridine rings is 1. The Morgan fingerprint density at radius 1 is 1.04 bits per heavy atom. The molecule has 3 aromatic rings. The van der Waals surface area contributed by atoms with Crippen molar-refractivity contribution in [2.45, 2.75) is 20.4 Å². The smallest absolute Gasteiger partial charge is 0.229 e.